The van der Waals surface area contributed by atoms with Gasteiger partial charge in [-0.3, -0.25) is 4.90 Å². The van der Waals surface area contributed by atoms with Gasteiger partial charge in [-0.15, -0.1) is 11.3 Å². The maximum absolute atomic E-state index is 12.1. The third-order valence-electron chi connectivity index (χ3n) is 3.30. The molecule has 1 amide bonds. The van der Waals surface area contributed by atoms with Crippen molar-refractivity contribution in [2.75, 3.05) is 11.9 Å². The number of ether oxygens (including phenoxy) is 1. The monoisotopic (exact) mass is 341 g/mol. The van der Waals surface area contributed by atoms with Crippen molar-refractivity contribution in [2.45, 2.75) is 26.4 Å². The standard InChI is InChI=1S/C18H19N3O2S/c1-18(2,3)23-17(22)21(4)15-10-9-12(11-19-15)16-20-13-7-5-6-8-14(13)24-16/h5-11H,1-4H3. The van der Waals surface area contributed by atoms with Crippen molar-refractivity contribution < 1.29 is 9.53 Å². The number of pyridine rings is 1. The van der Waals surface area contributed by atoms with E-state index < -0.39 is 11.7 Å². The van der Waals surface area contributed by atoms with E-state index in [4.69, 9.17) is 4.74 Å². The van der Waals surface area contributed by atoms with Gasteiger partial charge in [-0.25, -0.2) is 14.8 Å². The van der Waals surface area contributed by atoms with Gasteiger partial charge in [0.15, 0.2) is 0 Å². The van der Waals surface area contributed by atoms with E-state index >= 15 is 0 Å². The lowest BCUT2D eigenvalue weighted by atomic mass is 10.2. The lowest BCUT2D eigenvalue weighted by Crippen LogP contribution is -2.34. The van der Waals surface area contributed by atoms with E-state index in [-0.39, 0.29) is 0 Å². The molecule has 0 fully saturated rings. The van der Waals surface area contributed by atoms with Crippen LogP contribution in [0.1, 0.15) is 20.8 Å². The summed E-state index contributed by atoms with van der Waals surface area (Å²) in [6.07, 6.45) is 1.30. The summed E-state index contributed by atoms with van der Waals surface area (Å²) in [5, 5.41) is 0.912. The molecule has 0 N–H and O–H groups in total. The number of thiazole rings is 1. The van der Waals surface area contributed by atoms with E-state index in [9.17, 15) is 4.79 Å². The molecule has 2 aromatic heterocycles. The van der Waals surface area contributed by atoms with Crippen LogP contribution in [0.4, 0.5) is 10.6 Å². The highest BCUT2D eigenvalue weighted by atomic mass is 32.1. The molecule has 6 heteroatoms. The zero-order valence-electron chi connectivity index (χ0n) is 14.1. The van der Waals surface area contributed by atoms with E-state index in [2.05, 4.69) is 16.0 Å². The Morgan fingerprint density at radius 1 is 1.17 bits per heavy atom. The maximum Gasteiger partial charge on any atom is 0.415 e. The Labute approximate surface area is 144 Å². The second kappa shape index (κ2) is 6.20. The van der Waals surface area contributed by atoms with Crippen LogP contribution in [-0.2, 0) is 4.74 Å². The number of aromatic nitrogens is 2. The number of benzene rings is 1. The fourth-order valence-electron chi connectivity index (χ4n) is 2.13. The molecule has 24 heavy (non-hydrogen) atoms. The van der Waals surface area contributed by atoms with Crippen LogP contribution in [0.5, 0.6) is 0 Å². The van der Waals surface area contributed by atoms with Crippen LogP contribution in [0.15, 0.2) is 42.6 Å². The summed E-state index contributed by atoms with van der Waals surface area (Å²) >= 11 is 1.62. The highest BCUT2D eigenvalue weighted by Crippen LogP contribution is 2.30. The van der Waals surface area contributed by atoms with Gasteiger partial charge in [0.05, 0.1) is 10.2 Å². The van der Waals surface area contributed by atoms with E-state index in [1.807, 2.05) is 45.0 Å². The first kappa shape index (κ1) is 16.4. The Morgan fingerprint density at radius 3 is 2.54 bits per heavy atom. The summed E-state index contributed by atoms with van der Waals surface area (Å²) in [4.78, 5) is 22.5. The van der Waals surface area contributed by atoms with Crippen LogP contribution in [0.3, 0.4) is 0 Å². The van der Waals surface area contributed by atoms with Gasteiger partial charge in [-0.2, -0.15) is 0 Å². The predicted molar refractivity (Wildman–Crippen MR) is 97.5 cm³/mol. The second-order valence-corrected chi connectivity index (χ2v) is 7.46. The molecule has 0 aliphatic rings. The highest BCUT2D eigenvalue weighted by Gasteiger charge is 2.21. The van der Waals surface area contributed by atoms with Gasteiger partial charge < -0.3 is 4.74 Å². The van der Waals surface area contributed by atoms with Crippen LogP contribution in [-0.4, -0.2) is 28.7 Å². The van der Waals surface area contributed by atoms with Crippen molar-refractivity contribution in [3.05, 3.63) is 42.6 Å². The second-order valence-electron chi connectivity index (χ2n) is 6.43. The zero-order valence-corrected chi connectivity index (χ0v) is 14.9. The summed E-state index contributed by atoms with van der Waals surface area (Å²) in [5.41, 5.74) is 1.37. The first-order valence-corrected chi connectivity index (χ1v) is 8.44. The molecule has 124 valence electrons. The molecule has 3 rings (SSSR count). The Hall–Kier alpha value is -2.47. The summed E-state index contributed by atoms with van der Waals surface area (Å²) in [5.74, 6) is 0.536. The zero-order chi connectivity index (χ0) is 17.3. The van der Waals surface area contributed by atoms with Gasteiger partial charge in [-0.1, -0.05) is 12.1 Å². The number of nitrogens with zero attached hydrogens (tertiary/aromatic N) is 3. The van der Waals surface area contributed by atoms with Gasteiger partial charge in [0.2, 0.25) is 0 Å². The average molecular weight is 341 g/mol. The molecule has 0 saturated heterocycles. The van der Waals surface area contributed by atoms with Gasteiger partial charge >= 0.3 is 6.09 Å². The fraction of sp³-hybridized carbons (Fsp3) is 0.278. The van der Waals surface area contributed by atoms with Crippen molar-refractivity contribution in [2.24, 2.45) is 0 Å². The molecule has 0 aliphatic carbocycles. The molecule has 0 unspecified atom stereocenters. The van der Waals surface area contributed by atoms with Crippen LogP contribution in [0.2, 0.25) is 0 Å². The SMILES string of the molecule is CN(C(=O)OC(C)(C)C)c1ccc(-c2nc3ccccc3s2)cn1. The molecule has 1 aromatic carbocycles. The molecule has 0 spiro atoms. The first-order valence-electron chi connectivity index (χ1n) is 7.62. The lowest BCUT2D eigenvalue weighted by molar-refractivity contribution is 0.0588. The van der Waals surface area contributed by atoms with Crippen molar-refractivity contribution >= 4 is 33.5 Å². The Morgan fingerprint density at radius 2 is 1.92 bits per heavy atom. The molecule has 0 saturated carbocycles. The minimum absolute atomic E-state index is 0.428. The van der Waals surface area contributed by atoms with Crippen LogP contribution in [0, 0.1) is 0 Å². The van der Waals surface area contributed by atoms with E-state index in [1.54, 1.807) is 30.6 Å². The Kier molecular flexibility index (Phi) is 4.24. The molecule has 5 nitrogen and oxygen atoms in total. The summed E-state index contributed by atoms with van der Waals surface area (Å²) in [6, 6.07) is 11.7. The van der Waals surface area contributed by atoms with E-state index in [1.165, 1.54) is 4.90 Å². The number of para-hydroxylation sites is 1. The quantitative estimate of drug-likeness (QED) is 0.676. The molecule has 0 aliphatic heterocycles. The molecule has 0 atom stereocenters. The van der Waals surface area contributed by atoms with Crippen molar-refractivity contribution in [1.29, 1.82) is 0 Å². The number of anilines is 1. The molecule has 0 bridgehead atoms. The Balaban J connectivity index is 1.81. The molecular formula is C18H19N3O2S. The van der Waals surface area contributed by atoms with E-state index in [0.29, 0.717) is 5.82 Å². The van der Waals surface area contributed by atoms with Gasteiger partial charge in [-0.05, 0) is 45.0 Å². The molecular weight excluding hydrogens is 322 g/mol. The maximum atomic E-state index is 12.1. The van der Waals surface area contributed by atoms with Crippen LogP contribution in [0.25, 0.3) is 20.8 Å². The van der Waals surface area contributed by atoms with Gasteiger partial charge in [0, 0.05) is 18.8 Å². The highest BCUT2D eigenvalue weighted by molar-refractivity contribution is 7.21. The minimum Gasteiger partial charge on any atom is -0.443 e. The average Bonchev–Trinajstić information content (AvgIpc) is 2.96. The number of amides is 1. The number of hydrogen-bond donors (Lipinski definition) is 0. The lowest BCUT2D eigenvalue weighted by Gasteiger charge is -2.24. The van der Waals surface area contributed by atoms with Crippen LogP contribution >= 0.6 is 11.3 Å². The number of fused-ring (bicyclic) bond motifs is 1. The summed E-state index contributed by atoms with van der Waals surface area (Å²) < 4.78 is 6.49. The fourth-order valence-corrected chi connectivity index (χ4v) is 3.09. The molecule has 2 heterocycles. The van der Waals surface area contributed by atoms with Gasteiger partial charge in [0.1, 0.15) is 16.4 Å². The first-order chi connectivity index (χ1) is 11.3. The number of carbonyl (C=O) groups is 1. The summed E-state index contributed by atoms with van der Waals surface area (Å²) in [7, 11) is 1.65. The topological polar surface area (TPSA) is 55.3 Å². The normalized spacial score (nSPS) is 11.5. The van der Waals surface area contributed by atoms with Crippen LogP contribution < -0.4 is 4.90 Å². The van der Waals surface area contributed by atoms with Gasteiger partial charge in [0.25, 0.3) is 0 Å². The predicted octanol–water partition coefficient (Wildman–Crippen LogP) is 4.73. The molecule has 0 radical (unpaired) electrons. The van der Waals surface area contributed by atoms with Crippen molar-refractivity contribution in [3.63, 3.8) is 0 Å². The van der Waals surface area contributed by atoms with Crippen molar-refractivity contribution in [3.8, 4) is 10.6 Å². The number of hydrogen-bond acceptors (Lipinski definition) is 5. The minimum atomic E-state index is -0.535. The third kappa shape index (κ3) is 3.54. The largest absolute Gasteiger partial charge is 0.443 e. The van der Waals surface area contributed by atoms with Crippen molar-refractivity contribution in [1.82, 2.24) is 9.97 Å². The Bertz CT molecular complexity index is 833. The third-order valence-corrected chi connectivity index (χ3v) is 4.39. The number of rotatable bonds is 2. The summed E-state index contributed by atoms with van der Waals surface area (Å²) in [6.45, 7) is 5.51. The number of carbonyl (C=O) groups excluding carboxylic acids is 1. The molecule has 3 aromatic rings. The van der Waals surface area contributed by atoms with E-state index in [0.717, 1.165) is 20.8 Å². The smallest absolute Gasteiger partial charge is 0.415 e.